The van der Waals surface area contributed by atoms with E-state index in [4.69, 9.17) is 14.6 Å². The Balaban J connectivity index is 1.85. The minimum absolute atomic E-state index is 0.100. The number of hydrogen-bond acceptors (Lipinski definition) is 4. The fraction of sp³-hybridized carbons (Fsp3) is 0.429. The Labute approximate surface area is 111 Å². The summed E-state index contributed by atoms with van der Waals surface area (Å²) in [6.45, 7) is 0.548. The Morgan fingerprint density at radius 1 is 1.58 bits per heavy atom. The van der Waals surface area contributed by atoms with Gasteiger partial charge in [-0.15, -0.1) is 0 Å². The number of benzene rings is 1. The third-order valence-corrected chi connectivity index (χ3v) is 2.94. The van der Waals surface area contributed by atoms with Gasteiger partial charge in [0.15, 0.2) is 5.90 Å². The topological polar surface area (TPSA) is 68.1 Å². The van der Waals surface area contributed by atoms with Gasteiger partial charge in [-0.3, -0.25) is 9.79 Å². The predicted octanol–water partition coefficient (Wildman–Crippen LogP) is 1.90. The molecule has 1 unspecified atom stereocenters. The van der Waals surface area contributed by atoms with Crippen LogP contribution in [0, 0.1) is 0 Å². The van der Waals surface area contributed by atoms with E-state index in [-0.39, 0.29) is 12.5 Å². The molecule has 1 aliphatic heterocycles. The highest BCUT2D eigenvalue weighted by Crippen LogP contribution is 2.17. The van der Waals surface area contributed by atoms with Gasteiger partial charge in [-0.05, 0) is 24.1 Å². The van der Waals surface area contributed by atoms with Crippen molar-refractivity contribution in [2.24, 2.45) is 4.99 Å². The van der Waals surface area contributed by atoms with Gasteiger partial charge in [0.1, 0.15) is 11.9 Å². The van der Waals surface area contributed by atoms with Gasteiger partial charge in [-0.25, -0.2) is 0 Å². The van der Waals surface area contributed by atoms with Crippen molar-refractivity contribution in [1.82, 2.24) is 0 Å². The molecule has 0 saturated carbocycles. The van der Waals surface area contributed by atoms with Gasteiger partial charge in [0, 0.05) is 12.8 Å². The maximum Gasteiger partial charge on any atom is 0.303 e. The number of carbonyl (C=O) groups is 1. The number of nitrogens with zero attached hydrogens (tertiary/aromatic N) is 1. The lowest BCUT2D eigenvalue weighted by atomic mass is 10.1. The summed E-state index contributed by atoms with van der Waals surface area (Å²) in [6, 6.07) is 7.73. The second-order valence-corrected chi connectivity index (χ2v) is 4.44. The Morgan fingerprint density at radius 2 is 2.42 bits per heavy atom. The van der Waals surface area contributed by atoms with Gasteiger partial charge in [-0.1, -0.05) is 12.1 Å². The summed E-state index contributed by atoms with van der Waals surface area (Å²) in [7, 11) is 1.63. The molecule has 5 nitrogen and oxygen atoms in total. The molecule has 1 N–H and O–H groups in total. The van der Waals surface area contributed by atoms with Crippen LogP contribution in [0.4, 0.5) is 0 Å². The highest BCUT2D eigenvalue weighted by molar-refractivity contribution is 5.80. The molecule has 0 fully saturated rings. The highest BCUT2D eigenvalue weighted by atomic mass is 16.5. The number of aliphatic imine (C=N–C) groups is 1. The van der Waals surface area contributed by atoms with Crippen LogP contribution in [-0.2, 0) is 16.0 Å². The Morgan fingerprint density at radius 3 is 3.16 bits per heavy atom. The smallest absolute Gasteiger partial charge is 0.303 e. The molecule has 1 aromatic rings. The standard InChI is InChI=1S/C14H17NO4/c1-18-11-4-2-3-10(7-11)8-13-15-9-12(19-13)5-6-14(16)17/h2-4,7,12H,5-6,8-9H2,1H3,(H,16,17). The molecule has 1 aliphatic rings. The van der Waals surface area contributed by atoms with Gasteiger partial charge in [0.2, 0.25) is 0 Å². The Kier molecular flexibility index (Phi) is 4.39. The Bertz CT molecular complexity index is 484. The number of aliphatic carboxylic acids is 1. The summed E-state index contributed by atoms with van der Waals surface area (Å²) in [4.78, 5) is 14.8. The number of ether oxygens (including phenoxy) is 2. The molecule has 0 amide bonds. The first-order chi connectivity index (χ1) is 9.17. The molecule has 19 heavy (non-hydrogen) atoms. The molecule has 0 radical (unpaired) electrons. The first kappa shape index (κ1) is 13.4. The average Bonchev–Trinajstić information content (AvgIpc) is 2.84. The predicted molar refractivity (Wildman–Crippen MR) is 70.7 cm³/mol. The zero-order valence-electron chi connectivity index (χ0n) is 10.8. The summed E-state index contributed by atoms with van der Waals surface area (Å²) in [5, 5.41) is 8.63. The normalized spacial score (nSPS) is 17.7. The van der Waals surface area contributed by atoms with E-state index in [0.29, 0.717) is 25.3 Å². The molecule has 1 aromatic carbocycles. The van der Waals surface area contributed by atoms with Gasteiger partial charge in [-0.2, -0.15) is 0 Å². The number of methoxy groups -OCH3 is 1. The first-order valence-corrected chi connectivity index (χ1v) is 6.22. The van der Waals surface area contributed by atoms with Crippen LogP contribution < -0.4 is 4.74 Å². The first-order valence-electron chi connectivity index (χ1n) is 6.22. The highest BCUT2D eigenvalue weighted by Gasteiger charge is 2.20. The van der Waals surface area contributed by atoms with Gasteiger partial charge >= 0.3 is 5.97 Å². The van der Waals surface area contributed by atoms with Crippen LogP contribution in [0.3, 0.4) is 0 Å². The quantitative estimate of drug-likeness (QED) is 0.851. The maximum atomic E-state index is 10.5. The SMILES string of the molecule is COc1cccc(CC2=NCC(CCC(=O)O)O2)c1. The van der Waals surface area contributed by atoms with E-state index in [2.05, 4.69) is 4.99 Å². The second kappa shape index (κ2) is 6.22. The second-order valence-electron chi connectivity index (χ2n) is 4.44. The molecule has 5 heteroatoms. The molecule has 1 heterocycles. The van der Waals surface area contributed by atoms with Crippen LogP contribution in [0.15, 0.2) is 29.3 Å². The van der Waals surface area contributed by atoms with E-state index < -0.39 is 5.97 Å². The van der Waals surface area contributed by atoms with Crippen LogP contribution in [-0.4, -0.2) is 36.7 Å². The Hall–Kier alpha value is -2.04. The van der Waals surface area contributed by atoms with Gasteiger partial charge in [0.25, 0.3) is 0 Å². The summed E-state index contributed by atoms with van der Waals surface area (Å²) in [5.41, 5.74) is 1.07. The molecule has 102 valence electrons. The van der Waals surface area contributed by atoms with Crippen molar-refractivity contribution in [2.75, 3.05) is 13.7 Å². The van der Waals surface area contributed by atoms with Crippen molar-refractivity contribution in [3.8, 4) is 5.75 Å². The largest absolute Gasteiger partial charge is 0.497 e. The van der Waals surface area contributed by atoms with Gasteiger partial charge in [0.05, 0.1) is 13.7 Å². The van der Waals surface area contributed by atoms with Crippen LogP contribution in [0.2, 0.25) is 0 Å². The van der Waals surface area contributed by atoms with Crippen molar-refractivity contribution >= 4 is 11.9 Å². The van der Waals surface area contributed by atoms with Crippen molar-refractivity contribution in [2.45, 2.75) is 25.4 Å². The van der Waals surface area contributed by atoms with Crippen LogP contribution in [0.5, 0.6) is 5.75 Å². The lowest BCUT2D eigenvalue weighted by molar-refractivity contribution is -0.137. The zero-order valence-corrected chi connectivity index (χ0v) is 10.8. The number of carboxylic acid groups (broad SMARTS) is 1. The molecule has 0 saturated heterocycles. The summed E-state index contributed by atoms with van der Waals surface area (Å²) >= 11 is 0. The molecule has 0 aliphatic carbocycles. The fourth-order valence-electron chi connectivity index (χ4n) is 1.96. The molecule has 1 atom stereocenters. The summed E-state index contributed by atoms with van der Waals surface area (Å²) in [5.74, 6) is 0.673. The van der Waals surface area contributed by atoms with E-state index >= 15 is 0 Å². The summed E-state index contributed by atoms with van der Waals surface area (Å²) in [6.07, 6.45) is 1.13. The zero-order chi connectivity index (χ0) is 13.7. The molecule has 0 aromatic heterocycles. The minimum atomic E-state index is -0.801. The monoisotopic (exact) mass is 263 g/mol. The maximum absolute atomic E-state index is 10.5. The molecule has 0 bridgehead atoms. The van der Waals surface area contributed by atoms with Crippen LogP contribution in [0.25, 0.3) is 0 Å². The average molecular weight is 263 g/mol. The van der Waals surface area contributed by atoms with E-state index in [1.54, 1.807) is 7.11 Å². The van der Waals surface area contributed by atoms with E-state index in [9.17, 15) is 4.79 Å². The fourth-order valence-corrected chi connectivity index (χ4v) is 1.96. The number of hydrogen-bond donors (Lipinski definition) is 1. The number of rotatable bonds is 6. The lowest BCUT2D eigenvalue weighted by Crippen LogP contribution is -2.15. The van der Waals surface area contributed by atoms with E-state index in [1.807, 2.05) is 24.3 Å². The third kappa shape index (κ3) is 3.98. The minimum Gasteiger partial charge on any atom is -0.497 e. The summed E-state index contributed by atoms with van der Waals surface area (Å²) < 4.78 is 10.8. The van der Waals surface area contributed by atoms with Crippen molar-refractivity contribution in [3.05, 3.63) is 29.8 Å². The molecular formula is C14H17NO4. The van der Waals surface area contributed by atoms with Gasteiger partial charge < -0.3 is 14.6 Å². The lowest BCUT2D eigenvalue weighted by Gasteiger charge is -2.10. The molecule has 0 spiro atoms. The van der Waals surface area contributed by atoms with Crippen molar-refractivity contribution in [3.63, 3.8) is 0 Å². The van der Waals surface area contributed by atoms with E-state index in [0.717, 1.165) is 11.3 Å². The van der Waals surface area contributed by atoms with Crippen molar-refractivity contribution < 1.29 is 19.4 Å². The van der Waals surface area contributed by atoms with Crippen LogP contribution >= 0.6 is 0 Å². The van der Waals surface area contributed by atoms with Crippen molar-refractivity contribution in [1.29, 1.82) is 0 Å². The number of carboxylic acids is 1. The molecular weight excluding hydrogens is 246 g/mol. The molecule has 2 rings (SSSR count). The van der Waals surface area contributed by atoms with E-state index in [1.165, 1.54) is 0 Å². The van der Waals surface area contributed by atoms with Crippen LogP contribution in [0.1, 0.15) is 18.4 Å². The third-order valence-electron chi connectivity index (χ3n) is 2.94.